The molecule has 1 fully saturated rings. The zero-order chi connectivity index (χ0) is 15.5. The number of nitrogens with two attached hydrogens (primary N) is 1. The van der Waals surface area contributed by atoms with Gasteiger partial charge < -0.3 is 10.5 Å². The largest absolute Gasteiger partial charge is 0.573 e. The van der Waals surface area contributed by atoms with Gasteiger partial charge in [0.15, 0.2) is 0 Å². The topological polar surface area (TPSA) is 52.3 Å². The summed E-state index contributed by atoms with van der Waals surface area (Å²) in [6.45, 7) is 0. The molecule has 6 heteroatoms. The van der Waals surface area contributed by atoms with Gasteiger partial charge in [0.25, 0.3) is 0 Å². The second-order valence-corrected chi connectivity index (χ2v) is 5.46. The van der Waals surface area contributed by atoms with Crippen LogP contribution < -0.4 is 10.5 Å². The minimum absolute atomic E-state index is 0.0279. The Balaban J connectivity index is 1.92. The predicted octanol–water partition coefficient (Wildman–Crippen LogP) is 3.21. The monoisotopic (exact) mass is 301 g/mol. The highest BCUT2D eigenvalue weighted by atomic mass is 19.4. The van der Waals surface area contributed by atoms with Gasteiger partial charge in [0.2, 0.25) is 0 Å². The van der Waals surface area contributed by atoms with Gasteiger partial charge in [-0.1, -0.05) is 18.6 Å². The average Bonchev–Trinajstić information content (AvgIpc) is 2.39. The number of hydrogen-bond acceptors (Lipinski definition) is 3. The van der Waals surface area contributed by atoms with E-state index in [1.54, 1.807) is 0 Å². The molecule has 1 aliphatic rings. The summed E-state index contributed by atoms with van der Waals surface area (Å²) < 4.78 is 39.9. The summed E-state index contributed by atoms with van der Waals surface area (Å²) in [5, 5.41) is 0. The first-order chi connectivity index (χ1) is 9.83. The van der Waals surface area contributed by atoms with Crippen molar-refractivity contribution in [3.8, 4) is 5.75 Å². The van der Waals surface area contributed by atoms with Crippen LogP contribution in [0, 0.1) is 5.92 Å². The minimum atomic E-state index is -4.70. The summed E-state index contributed by atoms with van der Waals surface area (Å²) in [6, 6.07) is 5.50. The van der Waals surface area contributed by atoms with Crippen LogP contribution in [0.1, 0.15) is 31.2 Å². The highest BCUT2D eigenvalue weighted by Gasteiger charge is 2.31. The molecule has 0 spiro atoms. The normalized spacial score (nSPS) is 22.9. The van der Waals surface area contributed by atoms with E-state index in [4.69, 9.17) is 5.73 Å². The van der Waals surface area contributed by atoms with E-state index >= 15 is 0 Å². The van der Waals surface area contributed by atoms with Crippen LogP contribution in [-0.4, -0.2) is 18.2 Å². The summed E-state index contributed by atoms with van der Waals surface area (Å²) in [5.74, 6) is -0.201. The molecular weight excluding hydrogens is 283 g/mol. The second-order valence-electron chi connectivity index (χ2n) is 5.46. The van der Waals surface area contributed by atoms with Gasteiger partial charge in [-0.15, -0.1) is 13.2 Å². The van der Waals surface area contributed by atoms with Crippen molar-refractivity contribution in [3.05, 3.63) is 29.8 Å². The van der Waals surface area contributed by atoms with E-state index in [0.29, 0.717) is 12.0 Å². The molecule has 2 N–H and O–H groups in total. The van der Waals surface area contributed by atoms with Gasteiger partial charge >= 0.3 is 6.36 Å². The molecule has 2 atom stereocenters. The Morgan fingerprint density at radius 3 is 2.48 bits per heavy atom. The smallest absolute Gasteiger partial charge is 0.406 e. The SMILES string of the molecule is NC1CCCC(C(=O)Cc2ccc(OC(F)(F)F)cc2)C1. The maximum atomic E-state index is 12.2. The Kier molecular flexibility index (Phi) is 4.88. The number of benzene rings is 1. The van der Waals surface area contributed by atoms with Crippen LogP contribution >= 0.6 is 0 Å². The lowest BCUT2D eigenvalue weighted by Crippen LogP contribution is -2.32. The van der Waals surface area contributed by atoms with Gasteiger partial charge in [0.1, 0.15) is 11.5 Å². The van der Waals surface area contributed by atoms with E-state index < -0.39 is 6.36 Å². The second kappa shape index (κ2) is 6.47. The number of hydrogen-bond donors (Lipinski definition) is 1. The molecular formula is C15H18F3NO2. The molecule has 0 saturated heterocycles. The molecule has 1 aliphatic carbocycles. The van der Waals surface area contributed by atoms with Crippen LogP contribution in [0.5, 0.6) is 5.75 Å². The Bertz CT molecular complexity index is 485. The molecule has 2 rings (SSSR count). The van der Waals surface area contributed by atoms with Crippen molar-refractivity contribution < 1.29 is 22.7 Å². The number of rotatable bonds is 4. The number of alkyl halides is 3. The van der Waals surface area contributed by atoms with Gasteiger partial charge in [-0.25, -0.2) is 0 Å². The highest BCUT2D eigenvalue weighted by molar-refractivity contribution is 5.83. The van der Waals surface area contributed by atoms with Crippen molar-refractivity contribution >= 4 is 5.78 Å². The maximum absolute atomic E-state index is 12.2. The third-order valence-corrected chi connectivity index (χ3v) is 3.71. The number of ketones is 1. The molecule has 0 heterocycles. The van der Waals surface area contributed by atoms with Crippen molar-refractivity contribution in [1.29, 1.82) is 0 Å². The number of halogens is 3. The van der Waals surface area contributed by atoms with E-state index in [-0.39, 0.29) is 29.9 Å². The molecule has 0 aliphatic heterocycles. The van der Waals surface area contributed by atoms with Crippen LogP contribution in [0.25, 0.3) is 0 Å². The average molecular weight is 301 g/mol. The van der Waals surface area contributed by atoms with Crippen LogP contribution in [0.15, 0.2) is 24.3 Å². The number of Topliss-reactive ketones (excluding diaryl/α,β-unsaturated/α-hetero) is 1. The molecule has 0 bridgehead atoms. The number of ether oxygens (including phenoxy) is 1. The molecule has 21 heavy (non-hydrogen) atoms. The fourth-order valence-electron chi connectivity index (χ4n) is 2.67. The minimum Gasteiger partial charge on any atom is -0.406 e. The van der Waals surface area contributed by atoms with Gasteiger partial charge in [-0.2, -0.15) is 0 Å². The van der Waals surface area contributed by atoms with Gasteiger partial charge in [-0.3, -0.25) is 4.79 Å². The molecule has 116 valence electrons. The summed E-state index contributed by atoms with van der Waals surface area (Å²) in [7, 11) is 0. The van der Waals surface area contributed by atoms with E-state index in [9.17, 15) is 18.0 Å². The van der Waals surface area contributed by atoms with Crippen LogP contribution in [0.3, 0.4) is 0 Å². The molecule has 0 amide bonds. The molecule has 2 unspecified atom stereocenters. The van der Waals surface area contributed by atoms with Crippen molar-refractivity contribution in [3.63, 3.8) is 0 Å². The zero-order valence-electron chi connectivity index (χ0n) is 11.5. The fraction of sp³-hybridized carbons (Fsp3) is 0.533. The summed E-state index contributed by atoms with van der Waals surface area (Å²) >= 11 is 0. The van der Waals surface area contributed by atoms with Gasteiger partial charge in [0.05, 0.1) is 0 Å². The van der Waals surface area contributed by atoms with Crippen LogP contribution in [0.4, 0.5) is 13.2 Å². The van der Waals surface area contributed by atoms with Crippen LogP contribution in [0.2, 0.25) is 0 Å². The van der Waals surface area contributed by atoms with Gasteiger partial charge in [-0.05, 0) is 37.0 Å². The van der Waals surface area contributed by atoms with Gasteiger partial charge in [0, 0.05) is 18.4 Å². The Labute approximate surface area is 121 Å². The van der Waals surface area contributed by atoms with Crippen molar-refractivity contribution in [1.82, 2.24) is 0 Å². The van der Waals surface area contributed by atoms with E-state index in [1.165, 1.54) is 24.3 Å². The maximum Gasteiger partial charge on any atom is 0.573 e. The highest BCUT2D eigenvalue weighted by Crippen LogP contribution is 2.26. The lowest BCUT2D eigenvalue weighted by atomic mass is 9.82. The number of carbonyl (C=O) groups excluding carboxylic acids is 1. The molecule has 0 radical (unpaired) electrons. The molecule has 1 aromatic rings. The summed E-state index contributed by atoms with van der Waals surface area (Å²) in [6.07, 6.45) is -1.02. The molecule has 3 nitrogen and oxygen atoms in total. The Morgan fingerprint density at radius 2 is 1.90 bits per heavy atom. The first kappa shape index (κ1) is 15.8. The number of carbonyl (C=O) groups is 1. The zero-order valence-corrected chi connectivity index (χ0v) is 11.5. The fourth-order valence-corrected chi connectivity index (χ4v) is 2.67. The first-order valence-corrected chi connectivity index (χ1v) is 6.96. The van der Waals surface area contributed by atoms with E-state index in [0.717, 1.165) is 19.3 Å². The molecule has 1 aromatic carbocycles. The van der Waals surface area contributed by atoms with E-state index in [1.807, 2.05) is 0 Å². The third-order valence-electron chi connectivity index (χ3n) is 3.71. The summed E-state index contributed by atoms with van der Waals surface area (Å²) in [4.78, 5) is 12.2. The standard InChI is InChI=1S/C15H18F3NO2/c16-15(17,18)21-13-6-4-10(5-7-13)8-14(20)11-2-1-3-12(19)9-11/h4-7,11-12H,1-3,8-9,19H2. The van der Waals surface area contributed by atoms with Crippen molar-refractivity contribution in [2.75, 3.05) is 0 Å². The van der Waals surface area contributed by atoms with Crippen molar-refractivity contribution in [2.24, 2.45) is 11.7 Å². The van der Waals surface area contributed by atoms with Crippen molar-refractivity contribution in [2.45, 2.75) is 44.5 Å². The first-order valence-electron chi connectivity index (χ1n) is 6.96. The molecule has 1 saturated carbocycles. The van der Waals surface area contributed by atoms with Crippen LogP contribution in [-0.2, 0) is 11.2 Å². The Hall–Kier alpha value is -1.56. The Morgan fingerprint density at radius 1 is 1.24 bits per heavy atom. The lowest BCUT2D eigenvalue weighted by molar-refractivity contribution is -0.274. The predicted molar refractivity (Wildman–Crippen MR) is 71.8 cm³/mol. The lowest BCUT2D eigenvalue weighted by Gasteiger charge is -2.25. The summed E-state index contributed by atoms with van der Waals surface area (Å²) in [5.41, 5.74) is 6.55. The molecule has 0 aromatic heterocycles. The third kappa shape index (κ3) is 5.04. The van der Waals surface area contributed by atoms with E-state index in [2.05, 4.69) is 4.74 Å². The quantitative estimate of drug-likeness (QED) is 0.929.